The molecule has 0 aliphatic heterocycles. The summed E-state index contributed by atoms with van der Waals surface area (Å²) in [5.41, 5.74) is 1.09. The molecule has 17 heavy (non-hydrogen) atoms. The molecule has 0 saturated carbocycles. The van der Waals surface area contributed by atoms with Gasteiger partial charge < -0.3 is 10.1 Å². The van der Waals surface area contributed by atoms with Gasteiger partial charge in [0.05, 0.1) is 6.10 Å². The van der Waals surface area contributed by atoms with Crippen molar-refractivity contribution in [2.45, 2.75) is 26.5 Å². The Balaban J connectivity index is 1.96. The molecule has 1 N–H and O–H groups in total. The maximum atomic E-state index is 5.65. The molecule has 90 valence electrons. The molecule has 0 saturated heterocycles. The van der Waals surface area contributed by atoms with E-state index in [2.05, 4.69) is 28.9 Å². The fourth-order valence-electron chi connectivity index (χ4n) is 1.55. The van der Waals surface area contributed by atoms with E-state index in [0.29, 0.717) is 0 Å². The van der Waals surface area contributed by atoms with Crippen LogP contribution >= 0.6 is 11.3 Å². The second-order valence-corrected chi connectivity index (χ2v) is 5.16. The summed E-state index contributed by atoms with van der Waals surface area (Å²) in [4.78, 5) is 1.33. The molecule has 2 nitrogen and oxygen atoms in total. The van der Waals surface area contributed by atoms with Crippen molar-refractivity contribution in [1.29, 1.82) is 0 Å². The zero-order valence-corrected chi connectivity index (χ0v) is 11.0. The quantitative estimate of drug-likeness (QED) is 0.857. The fraction of sp³-hybridized carbons (Fsp3) is 0.286. The van der Waals surface area contributed by atoms with Crippen molar-refractivity contribution in [1.82, 2.24) is 0 Å². The number of hydrogen-bond donors (Lipinski definition) is 1. The van der Waals surface area contributed by atoms with Gasteiger partial charge in [-0.1, -0.05) is 12.1 Å². The Morgan fingerprint density at radius 2 is 2.12 bits per heavy atom. The predicted molar refractivity (Wildman–Crippen MR) is 73.9 cm³/mol. The Morgan fingerprint density at radius 3 is 2.82 bits per heavy atom. The summed E-state index contributed by atoms with van der Waals surface area (Å²) in [6.45, 7) is 4.93. The molecule has 0 amide bonds. The number of ether oxygens (including phenoxy) is 1. The normalized spacial score (nSPS) is 10.5. The van der Waals surface area contributed by atoms with Crippen LogP contribution in [0.3, 0.4) is 0 Å². The summed E-state index contributed by atoms with van der Waals surface area (Å²) in [5.74, 6) is 0.913. The smallest absolute Gasteiger partial charge is 0.121 e. The highest BCUT2D eigenvalue weighted by Gasteiger charge is 1.99. The first-order valence-electron chi connectivity index (χ1n) is 5.77. The highest BCUT2D eigenvalue weighted by molar-refractivity contribution is 7.09. The topological polar surface area (TPSA) is 21.3 Å². The Kier molecular flexibility index (Phi) is 4.04. The zero-order valence-electron chi connectivity index (χ0n) is 10.1. The molecule has 0 radical (unpaired) electrons. The first kappa shape index (κ1) is 12.0. The van der Waals surface area contributed by atoms with E-state index in [1.165, 1.54) is 4.88 Å². The zero-order chi connectivity index (χ0) is 12.1. The third-order valence-corrected chi connectivity index (χ3v) is 3.13. The molecule has 0 unspecified atom stereocenters. The van der Waals surface area contributed by atoms with Crippen LogP contribution in [0.2, 0.25) is 0 Å². The van der Waals surface area contributed by atoms with Gasteiger partial charge in [0.15, 0.2) is 0 Å². The molecule has 3 heteroatoms. The van der Waals surface area contributed by atoms with Crippen molar-refractivity contribution < 1.29 is 4.74 Å². The van der Waals surface area contributed by atoms with E-state index < -0.39 is 0 Å². The average molecular weight is 247 g/mol. The van der Waals surface area contributed by atoms with Crippen molar-refractivity contribution in [2.24, 2.45) is 0 Å². The second kappa shape index (κ2) is 5.73. The van der Waals surface area contributed by atoms with Crippen molar-refractivity contribution in [3.8, 4) is 5.75 Å². The summed E-state index contributed by atoms with van der Waals surface area (Å²) in [6, 6.07) is 12.3. The van der Waals surface area contributed by atoms with Crippen LogP contribution in [-0.4, -0.2) is 6.10 Å². The lowest BCUT2D eigenvalue weighted by Crippen LogP contribution is -2.06. The van der Waals surface area contributed by atoms with Crippen LogP contribution in [0, 0.1) is 0 Å². The summed E-state index contributed by atoms with van der Waals surface area (Å²) >= 11 is 1.76. The van der Waals surface area contributed by atoms with Crippen molar-refractivity contribution in [3.05, 3.63) is 46.7 Å². The molecule has 0 spiro atoms. The Hall–Kier alpha value is -1.48. The van der Waals surface area contributed by atoms with Crippen molar-refractivity contribution >= 4 is 17.0 Å². The predicted octanol–water partition coefficient (Wildman–Crippen LogP) is 4.15. The third-order valence-electron chi connectivity index (χ3n) is 2.25. The van der Waals surface area contributed by atoms with E-state index in [-0.39, 0.29) is 6.10 Å². The Morgan fingerprint density at radius 1 is 1.24 bits per heavy atom. The van der Waals surface area contributed by atoms with Gasteiger partial charge in [-0.3, -0.25) is 0 Å². The van der Waals surface area contributed by atoms with E-state index in [1.807, 2.05) is 32.0 Å². The fourth-order valence-corrected chi connectivity index (χ4v) is 2.20. The molecule has 0 bridgehead atoms. The van der Waals surface area contributed by atoms with E-state index in [0.717, 1.165) is 18.0 Å². The van der Waals surface area contributed by atoms with Crippen LogP contribution in [0.1, 0.15) is 18.7 Å². The maximum absolute atomic E-state index is 5.65. The van der Waals surface area contributed by atoms with Crippen LogP contribution < -0.4 is 10.1 Å². The minimum absolute atomic E-state index is 0.211. The van der Waals surface area contributed by atoms with Gasteiger partial charge in [0, 0.05) is 23.2 Å². The number of nitrogens with one attached hydrogen (secondary N) is 1. The summed E-state index contributed by atoms with van der Waals surface area (Å²) < 4.78 is 5.65. The maximum Gasteiger partial charge on any atom is 0.121 e. The number of rotatable bonds is 5. The molecule has 0 aliphatic carbocycles. The largest absolute Gasteiger partial charge is 0.491 e. The van der Waals surface area contributed by atoms with E-state index in [4.69, 9.17) is 4.74 Å². The van der Waals surface area contributed by atoms with Gasteiger partial charge in [0.25, 0.3) is 0 Å². The molecule has 0 atom stereocenters. The van der Waals surface area contributed by atoms with Gasteiger partial charge in [-0.05, 0) is 37.4 Å². The average Bonchev–Trinajstić information content (AvgIpc) is 2.79. The van der Waals surface area contributed by atoms with Crippen molar-refractivity contribution in [3.63, 3.8) is 0 Å². The van der Waals surface area contributed by atoms with Crippen LogP contribution in [0.25, 0.3) is 0 Å². The van der Waals surface area contributed by atoms with Crippen molar-refractivity contribution in [2.75, 3.05) is 5.32 Å². The minimum atomic E-state index is 0.211. The van der Waals surface area contributed by atoms with E-state index in [9.17, 15) is 0 Å². The second-order valence-electron chi connectivity index (χ2n) is 4.13. The lowest BCUT2D eigenvalue weighted by atomic mass is 10.3. The first-order valence-corrected chi connectivity index (χ1v) is 6.65. The highest BCUT2D eigenvalue weighted by atomic mass is 32.1. The van der Waals surface area contributed by atoms with E-state index in [1.54, 1.807) is 11.3 Å². The van der Waals surface area contributed by atoms with Gasteiger partial charge in [-0.15, -0.1) is 11.3 Å². The summed E-state index contributed by atoms with van der Waals surface area (Å²) in [6.07, 6.45) is 0.211. The monoisotopic (exact) mass is 247 g/mol. The molecule has 2 rings (SSSR count). The van der Waals surface area contributed by atoms with Crippen LogP contribution in [0.4, 0.5) is 5.69 Å². The lowest BCUT2D eigenvalue weighted by molar-refractivity contribution is 0.242. The summed E-state index contributed by atoms with van der Waals surface area (Å²) in [5, 5.41) is 5.48. The van der Waals surface area contributed by atoms with Gasteiger partial charge in [-0.2, -0.15) is 0 Å². The molecule has 2 aromatic rings. The third kappa shape index (κ3) is 3.79. The molecule has 0 fully saturated rings. The van der Waals surface area contributed by atoms with Gasteiger partial charge in [0.1, 0.15) is 5.75 Å². The molecule has 1 heterocycles. The molecule has 1 aromatic heterocycles. The molecule has 0 aliphatic rings. The first-order chi connectivity index (χ1) is 8.24. The molecule has 1 aromatic carbocycles. The SMILES string of the molecule is CC(C)Oc1cccc(NCc2cccs2)c1. The number of hydrogen-bond acceptors (Lipinski definition) is 3. The number of thiophene rings is 1. The van der Waals surface area contributed by atoms with Crippen LogP contribution in [0.15, 0.2) is 41.8 Å². The molecular weight excluding hydrogens is 230 g/mol. The lowest BCUT2D eigenvalue weighted by Gasteiger charge is -2.11. The summed E-state index contributed by atoms with van der Waals surface area (Å²) in [7, 11) is 0. The molecular formula is C14H17NOS. The van der Waals surface area contributed by atoms with Crippen LogP contribution in [-0.2, 0) is 6.54 Å². The number of benzene rings is 1. The Bertz CT molecular complexity index is 451. The van der Waals surface area contributed by atoms with Gasteiger partial charge in [0.2, 0.25) is 0 Å². The van der Waals surface area contributed by atoms with Crippen LogP contribution in [0.5, 0.6) is 5.75 Å². The Labute approximate surface area is 106 Å². The van der Waals surface area contributed by atoms with E-state index >= 15 is 0 Å². The van der Waals surface area contributed by atoms with Gasteiger partial charge in [-0.25, -0.2) is 0 Å². The van der Waals surface area contributed by atoms with Gasteiger partial charge >= 0.3 is 0 Å². The highest BCUT2D eigenvalue weighted by Crippen LogP contribution is 2.19. The minimum Gasteiger partial charge on any atom is -0.491 e. The standard InChI is InChI=1S/C14H17NOS/c1-11(2)16-13-6-3-5-12(9-13)15-10-14-7-4-8-17-14/h3-9,11,15H,10H2,1-2H3. The number of anilines is 1.